The number of halogens is 1. The van der Waals surface area contributed by atoms with Gasteiger partial charge in [0.2, 0.25) is 5.91 Å². The maximum absolute atomic E-state index is 13.3. The van der Waals surface area contributed by atoms with E-state index in [1.165, 1.54) is 17.0 Å². The van der Waals surface area contributed by atoms with Gasteiger partial charge in [0.25, 0.3) is 5.91 Å². The van der Waals surface area contributed by atoms with Crippen LogP contribution >= 0.6 is 0 Å². The van der Waals surface area contributed by atoms with Crippen molar-refractivity contribution in [3.05, 3.63) is 66.0 Å². The topological polar surface area (TPSA) is 58.6 Å². The lowest BCUT2D eigenvalue weighted by atomic mass is 10.1. The number of carbonyl (C=O) groups is 2. The fourth-order valence-electron chi connectivity index (χ4n) is 2.96. The highest BCUT2D eigenvalue weighted by Gasteiger charge is 2.28. The van der Waals surface area contributed by atoms with Crippen molar-refractivity contribution in [2.24, 2.45) is 0 Å². The van der Waals surface area contributed by atoms with Crippen molar-refractivity contribution in [3.8, 4) is 5.75 Å². The van der Waals surface area contributed by atoms with Gasteiger partial charge in [-0.1, -0.05) is 50.6 Å². The van der Waals surface area contributed by atoms with Crippen molar-refractivity contribution in [1.82, 2.24) is 10.2 Å². The number of rotatable bonds is 11. The quantitative estimate of drug-likeness (QED) is 0.582. The maximum Gasteiger partial charge on any atom is 0.261 e. The van der Waals surface area contributed by atoms with Crippen LogP contribution in [0.1, 0.15) is 38.7 Å². The second-order valence-corrected chi connectivity index (χ2v) is 6.82. The summed E-state index contributed by atoms with van der Waals surface area (Å²) in [5.74, 6) is -0.238. The molecular formula is C23H29FN2O3. The molecule has 2 aromatic carbocycles. The van der Waals surface area contributed by atoms with Crippen molar-refractivity contribution < 1.29 is 18.7 Å². The molecule has 0 heterocycles. The molecule has 5 nitrogen and oxygen atoms in total. The summed E-state index contributed by atoms with van der Waals surface area (Å²) in [4.78, 5) is 27.2. The maximum atomic E-state index is 13.3. The Bertz CT molecular complexity index is 765. The fraction of sp³-hybridized carbons (Fsp3) is 0.391. The van der Waals surface area contributed by atoms with Gasteiger partial charge in [-0.15, -0.1) is 0 Å². The van der Waals surface area contributed by atoms with Gasteiger partial charge in [-0.3, -0.25) is 9.59 Å². The Morgan fingerprint density at radius 1 is 1.07 bits per heavy atom. The summed E-state index contributed by atoms with van der Waals surface area (Å²) in [6.45, 7) is 4.52. The van der Waals surface area contributed by atoms with Crippen LogP contribution in [0.3, 0.4) is 0 Å². The number of hydrogen-bond acceptors (Lipinski definition) is 3. The van der Waals surface area contributed by atoms with Crippen LogP contribution in [0, 0.1) is 5.82 Å². The van der Waals surface area contributed by atoms with Crippen LogP contribution in [-0.2, 0) is 16.1 Å². The van der Waals surface area contributed by atoms with Gasteiger partial charge in [0.15, 0.2) is 6.61 Å². The Morgan fingerprint density at radius 2 is 1.76 bits per heavy atom. The molecule has 156 valence electrons. The summed E-state index contributed by atoms with van der Waals surface area (Å²) in [7, 11) is 0. The summed E-state index contributed by atoms with van der Waals surface area (Å²) < 4.78 is 18.8. The molecule has 0 aliphatic heterocycles. The largest absolute Gasteiger partial charge is 0.484 e. The summed E-state index contributed by atoms with van der Waals surface area (Å²) in [6, 6.07) is 14.4. The van der Waals surface area contributed by atoms with E-state index < -0.39 is 6.04 Å². The highest BCUT2D eigenvalue weighted by molar-refractivity contribution is 5.88. The van der Waals surface area contributed by atoms with E-state index in [1.807, 2.05) is 25.1 Å². The predicted molar refractivity (Wildman–Crippen MR) is 111 cm³/mol. The molecular weight excluding hydrogens is 371 g/mol. The standard InChI is InChI=1S/C23H29FN2O3/c1-3-5-15-25-23(28)21(4-2)26(16-18-11-13-19(24)14-12-18)22(27)17-29-20-9-7-6-8-10-20/h6-14,21H,3-5,15-17H2,1-2H3,(H,25,28)/t21-/m0/s1. The van der Waals surface area contributed by atoms with Crippen LogP contribution < -0.4 is 10.1 Å². The van der Waals surface area contributed by atoms with E-state index in [1.54, 1.807) is 24.3 Å². The number of nitrogens with one attached hydrogen (secondary N) is 1. The minimum absolute atomic E-state index is 0.177. The van der Waals surface area contributed by atoms with Gasteiger partial charge < -0.3 is 15.0 Å². The number of nitrogens with zero attached hydrogens (tertiary/aromatic N) is 1. The molecule has 2 rings (SSSR count). The van der Waals surface area contributed by atoms with Gasteiger partial charge in [-0.05, 0) is 42.7 Å². The molecule has 0 aromatic heterocycles. The van der Waals surface area contributed by atoms with Crippen LogP contribution in [0.25, 0.3) is 0 Å². The molecule has 6 heteroatoms. The van der Waals surface area contributed by atoms with Gasteiger partial charge in [-0.25, -0.2) is 4.39 Å². The SMILES string of the molecule is CCCCNC(=O)[C@H](CC)N(Cc1ccc(F)cc1)C(=O)COc1ccccc1. The predicted octanol–water partition coefficient (Wildman–Crippen LogP) is 3.93. The molecule has 0 fully saturated rings. The molecule has 2 amide bonds. The average Bonchev–Trinajstić information content (AvgIpc) is 2.74. The van der Waals surface area contributed by atoms with Gasteiger partial charge in [0.1, 0.15) is 17.6 Å². The van der Waals surface area contributed by atoms with Gasteiger partial charge in [-0.2, -0.15) is 0 Å². The molecule has 1 N–H and O–H groups in total. The second-order valence-electron chi connectivity index (χ2n) is 6.82. The van der Waals surface area contributed by atoms with Crippen molar-refractivity contribution in [3.63, 3.8) is 0 Å². The molecule has 29 heavy (non-hydrogen) atoms. The molecule has 1 atom stereocenters. The lowest BCUT2D eigenvalue weighted by Gasteiger charge is -2.30. The Kier molecular flexibility index (Phi) is 9.15. The third-order valence-corrected chi connectivity index (χ3v) is 4.59. The van der Waals surface area contributed by atoms with Crippen LogP contribution in [0.4, 0.5) is 4.39 Å². The molecule has 2 aromatic rings. The Balaban J connectivity index is 2.14. The van der Waals surface area contributed by atoms with E-state index in [0.717, 1.165) is 18.4 Å². The molecule has 0 unspecified atom stereocenters. The van der Waals surface area contributed by atoms with Gasteiger partial charge in [0, 0.05) is 13.1 Å². The molecule has 0 saturated heterocycles. The van der Waals surface area contributed by atoms with E-state index in [4.69, 9.17) is 4.74 Å². The van der Waals surface area contributed by atoms with Crippen LogP contribution in [0.15, 0.2) is 54.6 Å². The number of amides is 2. The first-order valence-electron chi connectivity index (χ1n) is 10.0. The van der Waals surface area contributed by atoms with Gasteiger partial charge in [0.05, 0.1) is 0 Å². The smallest absolute Gasteiger partial charge is 0.261 e. The number of ether oxygens (including phenoxy) is 1. The van der Waals surface area contributed by atoms with Crippen LogP contribution in [0.2, 0.25) is 0 Å². The first-order valence-corrected chi connectivity index (χ1v) is 10.0. The number of carbonyl (C=O) groups excluding carboxylic acids is 2. The van der Waals surface area contributed by atoms with Gasteiger partial charge >= 0.3 is 0 Å². The highest BCUT2D eigenvalue weighted by atomic mass is 19.1. The summed E-state index contributed by atoms with van der Waals surface area (Å²) >= 11 is 0. The highest BCUT2D eigenvalue weighted by Crippen LogP contribution is 2.15. The van der Waals surface area contributed by atoms with E-state index >= 15 is 0 Å². The second kappa shape index (κ2) is 11.8. The normalized spacial score (nSPS) is 11.6. The Labute approximate surface area is 171 Å². The monoisotopic (exact) mass is 400 g/mol. The Hall–Kier alpha value is -2.89. The van der Waals surface area contributed by atoms with Crippen LogP contribution in [0.5, 0.6) is 5.75 Å². The zero-order valence-corrected chi connectivity index (χ0v) is 17.1. The van der Waals surface area contributed by atoms with Crippen molar-refractivity contribution in [2.45, 2.75) is 45.7 Å². The first-order chi connectivity index (χ1) is 14.0. The zero-order chi connectivity index (χ0) is 21.1. The van der Waals surface area contributed by atoms with E-state index in [0.29, 0.717) is 18.7 Å². The van der Waals surface area contributed by atoms with Crippen LogP contribution in [-0.4, -0.2) is 35.9 Å². The van der Waals surface area contributed by atoms with Crippen molar-refractivity contribution >= 4 is 11.8 Å². The van der Waals surface area contributed by atoms with E-state index in [-0.39, 0.29) is 30.8 Å². The van der Waals surface area contributed by atoms with E-state index in [9.17, 15) is 14.0 Å². The lowest BCUT2D eigenvalue weighted by Crippen LogP contribution is -2.50. The first kappa shape index (κ1) is 22.4. The molecule has 0 bridgehead atoms. The summed E-state index contributed by atoms with van der Waals surface area (Å²) in [5.41, 5.74) is 0.749. The number of unbranched alkanes of at least 4 members (excludes halogenated alkanes) is 1. The van der Waals surface area contributed by atoms with E-state index in [2.05, 4.69) is 12.2 Å². The third-order valence-electron chi connectivity index (χ3n) is 4.59. The minimum Gasteiger partial charge on any atom is -0.484 e. The van der Waals surface area contributed by atoms with Crippen molar-refractivity contribution in [2.75, 3.05) is 13.2 Å². The van der Waals surface area contributed by atoms with Crippen molar-refractivity contribution in [1.29, 1.82) is 0 Å². The lowest BCUT2D eigenvalue weighted by molar-refractivity contribution is -0.143. The average molecular weight is 400 g/mol. The molecule has 0 saturated carbocycles. The molecule has 0 spiro atoms. The Morgan fingerprint density at radius 3 is 2.38 bits per heavy atom. The third kappa shape index (κ3) is 7.22. The fourth-order valence-corrected chi connectivity index (χ4v) is 2.96. The zero-order valence-electron chi connectivity index (χ0n) is 17.1. The molecule has 0 aliphatic rings. The summed E-state index contributed by atoms with van der Waals surface area (Å²) in [6.07, 6.45) is 2.32. The molecule has 0 radical (unpaired) electrons. The molecule has 0 aliphatic carbocycles. The summed E-state index contributed by atoms with van der Waals surface area (Å²) in [5, 5.41) is 2.90. The minimum atomic E-state index is -0.621. The number of hydrogen-bond donors (Lipinski definition) is 1. The number of benzene rings is 2. The number of para-hydroxylation sites is 1.